The Kier molecular flexibility index (Phi) is 13.6. The number of primary amides is 1. The van der Waals surface area contributed by atoms with Crippen LogP contribution in [0.3, 0.4) is 0 Å². The van der Waals surface area contributed by atoms with Gasteiger partial charge in [0.2, 0.25) is 17.6 Å². The summed E-state index contributed by atoms with van der Waals surface area (Å²) in [5, 5.41) is 8.36. The standard InChI is InChI=1S/C34H59N5O7/c1-21-19-23-28(42)36-22(24(40)27(35)41)17-15-13-11-10-12-14-16-18-34(8,9)25(29(43)39(23)20-21)37-31(45)38-26(32(2,3)4)30(44)46-33(5,6)7/h21-23,25-26H,10-20H2,1-9H3,(H2,35,41)(H,36,42)(H2,37,38,45)/t21-,22+,23+,25-,26-/m1/s1. The SMILES string of the molecule is C[C@@H]1C[C@H]2C(=O)N[C@H](C(=O)C(N)=O)CCCCCCCCCC(C)(C)[C@H](NC(=O)N[C@H](C(=O)OC(C)(C)C)C(C)(C)C)C(=O)N2C1. The molecule has 5 atom stereocenters. The number of carbonyl (C=O) groups is 6. The molecule has 0 unspecified atom stereocenters. The Hall–Kier alpha value is -3.18. The molecule has 2 saturated heterocycles. The zero-order valence-corrected chi connectivity index (χ0v) is 29.5. The second kappa shape index (κ2) is 16.1. The molecule has 0 aromatic carbocycles. The van der Waals surface area contributed by atoms with E-state index in [1.807, 2.05) is 41.5 Å². The summed E-state index contributed by atoms with van der Waals surface area (Å²) in [5.74, 6) is -3.52. The minimum absolute atomic E-state index is 0.0226. The van der Waals surface area contributed by atoms with E-state index in [0.717, 1.165) is 38.5 Å². The van der Waals surface area contributed by atoms with Gasteiger partial charge in [-0.15, -0.1) is 0 Å². The maximum absolute atomic E-state index is 14.4. The topological polar surface area (TPSA) is 177 Å². The van der Waals surface area contributed by atoms with Crippen molar-refractivity contribution in [1.82, 2.24) is 20.9 Å². The van der Waals surface area contributed by atoms with Crippen LogP contribution >= 0.6 is 0 Å². The fourth-order valence-corrected chi connectivity index (χ4v) is 6.25. The molecule has 2 aliphatic rings. The summed E-state index contributed by atoms with van der Waals surface area (Å²) in [6, 6.07) is -4.67. The van der Waals surface area contributed by atoms with E-state index in [2.05, 4.69) is 16.0 Å². The molecule has 12 nitrogen and oxygen atoms in total. The smallest absolute Gasteiger partial charge is 0.329 e. The van der Waals surface area contributed by atoms with Gasteiger partial charge in [0.05, 0.1) is 6.04 Å². The van der Waals surface area contributed by atoms with E-state index in [1.54, 1.807) is 20.8 Å². The van der Waals surface area contributed by atoms with Crippen molar-refractivity contribution in [3.05, 3.63) is 0 Å². The predicted molar refractivity (Wildman–Crippen MR) is 175 cm³/mol. The number of hydrogen-bond donors (Lipinski definition) is 4. The molecule has 0 aromatic heterocycles. The largest absolute Gasteiger partial charge is 0.458 e. The van der Waals surface area contributed by atoms with E-state index in [-0.39, 0.29) is 18.9 Å². The molecule has 262 valence electrons. The summed E-state index contributed by atoms with van der Waals surface area (Å²) in [6.07, 6.45) is 7.55. The lowest BCUT2D eigenvalue weighted by molar-refractivity contribution is -0.160. The van der Waals surface area contributed by atoms with Gasteiger partial charge in [-0.3, -0.25) is 19.2 Å². The lowest BCUT2D eigenvalue weighted by Crippen LogP contribution is -2.62. The maximum atomic E-state index is 14.4. The quantitative estimate of drug-likeness (QED) is 0.259. The average Bonchev–Trinajstić information content (AvgIpc) is 3.31. The van der Waals surface area contributed by atoms with Gasteiger partial charge in [-0.05, 0) is 56.8 Å². The third kappa shape index (κ3) is 11.6. The fourth-order valence-electron chi connectivity index (χ4n) is 6.25. The highest BCUT2D eigenvalue weighted by molar-refractivity contribution is 6.37. The molecule has 0 aliphatic carbocycles. The number of nitrogens with two attached hydrogens (primary N) is 1. The van der Waals surface area contributed by atoms with Gasteiger partial charge < -0.3 is 31.3 Å². The monoisotopic (exact) mass is 649 g/mol. The first-order valence-electron chi connectivity index (χ1n) is 16.9. The fraction of sp³-hybridized carbons (Fsp3) is 0.824. The van der Waals surface area contributed by atoms with Crippen molar-refractivity contribution in [1.29, 1.82) is 0 Å². The van der Waals surface area contributed by atoms with Gasteiger partial charge in [0.25, 0.3) is 5.91 Å². The lowest BCUT2D eigenvalue weighted by Gasteiger charge is -2.39. The highest BCUT2D eigenvalue weighted by Gasteiger charge is 2.46. The van der Waals surface area contributed by atoms with Crippen LogP contribution in [0.2, 0.25) is 0 Å². The van der Waals surface area contributed by atoms with Crippen LogP contribution in [0, 0.1) is 16.7 Å². The Morgan fingerprint density at radius 1 is 0.957 bits per heavy atom. The third-order valence-electron chi connectivity index (χ3n) is 8.87. The number of nitrogens with zero attached hydrogens (tertiary/aromatic N) is 1. The van der Waals surface area contributed by atoms with Crippen molar-refractivity contribution in [3.8, 4) is 0 Å². The van der Waals surface area contributed by atoms with Gasteiger partial charge in [0, 0.05) is 6.54 Å². The molecule has 0 aromatic rings. The first-order chi connectivity index (χ1) is 21.1. The van der Waals surface area contributed by atoms with E-state index in [0.29, 0.717) is 19.3 Å². The molecule has 2 heterocycles. The number of Topliss-reactive ketones (excluding diaryl/α,β-unsaturated/α-hetero) is 1. The van der Waals surface area contributed by atoms with Crippen LogP contribution in [0.15, 0.2) is 0 Å². The molecule has 2 aliphatic heterocycles. The van der Waals surface area contributed by atoms with Crippen LogP contribution in [0.1, 0.15) is 127 Å². The molecule has 0 bridgehead atoms. The van der Waals surface area contributed by atoms with E-state index >= 15 is 0 Å². The van der Waals surface area contributed by atoms with Crippen LogP contribution in [-0.4, -0.2) is 76.7 Å². The van der Waals surface area contributed by atoms with Gasteiger partial charge >= 0.3 is 12.0 Å². The van der Waals surface area contributed by atoms with Crippen molar-refractivity contribution in [2.24, 2.45) is 22.5 Å². The Bertz CT molecular complexity index is 1120. The molecule has 5 N–H and O–H groups in total. The van der Waals surface area contributed by atoms with Crippen molar-refractivity contribution >= 4 is 35.5 Å². The van der Waals surface area contributed by atoms with E-state index in [4.69, 9.17) is 10.5 Å². The molecule has 12 heteroatoms. The molecule has 0 spiro atoms. The number of carbonyl (C=O) groups excluding carboxylic acids is 6. The van der Waals surface area contributed by atoms with Gasteiger partial charge in [0.15, 0.2) is 0 Å². The summed E-state index contributed by atoms with van der Waals surface area (Å²) in [4.78, 5) is 80.7. The van der Waals surface area contributed by atoms with Gasteiger partial charge in [-0.25, -0.2) is 9.59 Å². The van der Waals surface area contributed by atoms with Gasteiger partial charge in [0.1, 0.15) is 23.7 Å². The predicted octanol–water partition coefficient (Wildman–Crippen LogP) is 3.74. The van der Waals surface area contributed by atoms with Crippen molar-refractivity contribution in [2.45, 2.75) is 156 Å². The summed E-state index contributed by atoms with van der Waals surface area (Å²) in [7, 11) is 0. The normalized spacial score (nSPS) is 26.2. The maximum Gasteiger partial charge on any atom is 0.329 e. The highest BCUT2D eigenvalue weighted by atomic mass is 16.6. The Balaban J connectivity index is 2.44. The van der Waals surface area contributed by atoms with E-state index < -0.39 is 76.1 Å². The third-order valence-corrected chi connectivity index (χ3v) is 8.87. The number of fused-ring (bicyclic) bond motifs is 1. The van der Waals surface area contributed by atoms with Crippen LogP contribution in [0.4, 0.5) is 4.79 Å². The number of urea groups is 1. The number of rotatable bonds is 5. The zero-order chi connectivity index (χ0) is 35.0. The molecular formula is C34H59N5O7. The molecule has 0 radical (unpaired) electrons. The summed E-state index contributed by atoms with van der Waals surface area (Å²) in [5.41, 5.74) is 3.15. The highest BCUT2D eigenvalue weighted by Crippen LogP contribution is 2.33. The Morgan fingerprint density at radius 3 is 2.07 bits per heavy atom. The van der Waals surface area contributed by atoms with Crippen LogP contribution < -0.4 is 21.7 Å². The Labute approximate surface area is 275 Å². The van der Waals surface area contributed by atoms with Crippen LogP contribution in [0.5, 0.6) is 0 Å². The molecule has 46 heavy (non-hydrogen) atoms. The Morgan fingerprint density at radius 2 is 1.52 bits per heavy atom. The molecule has 0 saturated carbocycles. The zero-order valence-electron chi connectivity index (χ0n) is 29.5. The van der Waals surface area contributed by atoms with E-state index in [9.17, 15) is 28.8 Å². The first-order valence-corrected chi connectivity index (χ1v) is 16.9. The van der Waals surface area contributed by atoms with E-state index in [1.165, 1.54) is 4.90 Å². The van der Waals surface area contributed by atoms with Crippen LogP contribution in [0.25, 0.3) is 0 Å². The molecular weight excluding hydrogens is 590 g/mol. The van der Waals surface area contributed by atoms with Crippen molar-refractivity contribution in [2.75, 3.05) is 6.54 Å². The summed E-state index contributed by atoms with van der Waals surface area (Å²) in [6.45, 7) is 16.8. The number of esters is 1. The van der Waals surface area contributed by atoms with Crippen LogP contribution in [-0.2, 0) is 28.7 Å². The molecule has 2 fully saturated rings. The van der Waals surface area contributed by atoms with Crippen molar-refractivity contribution in [3.63, 3.8) is 0 Å². The first kappa shape index (κ1) is 39.0. The summed E-state index contributed by atoms with van der Waals surface area (Å²) >= 11 is 0. The average molecular weight is 650 g/mol. The second-order valence-electron chi connectivity index (χ2n) is 16.0. The molecule has 5 amide bonds. The van der Waals surface area contributed by atoms with Crippen molar-refractivity contribution < 1.29 is 33.5 Å². The number of amides is 5. The van der Waals surface area contributed by atoms with Gasteiger partial charge in [-0.2, -0.15) is 0 Å². The lowest BCUT2D eigenvalue weighted by atomic mass is 9.78. The molecule has 2 rings (SSSR count). The minimum atomic E-state index is -1.11. The summed E-state index contributed by atoms with van der Waals surface area (Å²) < 4.78 is 5.59. The second-order valence-corrected chi connectivity index (χ2v) is 16.0. The number of ether oxygens (including phenoxy) is 1. The minimum Gasteiger partial charge on any atom is -0.458 e. The number of nitrogens with one attached hydrogen (secondary N) is 3. The number of ketones is 1. The van der Waals surface area contributed by atoms with Gasteiger partial charge in [-0.1, -0.05) is 86.5 Å². The number of hydrogen-bond acceptors (Lipinski definition) is 7.